The number of benzene rings is 2. The highest BCUT2D eigenvalue weighted by atomic mass is 32.2. The number of carbonyl (C=O) groups is 1. The molecule has 4 rings (SSSR count). The molecule has 0 bridgehead atoms. The molecule has 0 saturated carbocycles. The summed E-state index contributed by atoms with van der Waals surface area (Å²) in [4.78, 5) is 14.5. The number of rotatable bonds is 6. The first-order valence-corrected chi connectivity index (χ1v) is 12.2. The van der Waals surface area contributed by atoms with Gasteiger partial charge in [0.25, 0.3) is 15.9 Å². The Morgan fingerprint density at radius 3 is 2.61 bits per heavy atom. The van der Waals surface area contributed by atoms with E-state index in [1.807, 2.05) is 48.5 Å². The van der Waals surface area contributed by atoms with Gasteiger partial charge >= 0.3 is 0 Å². The van der Waals surface area contributed by atoms with Crippen molar-refractivity contribution in [3.63, 3.8) is 0 Å². The predicted octanol–water partition coefficient (Wildman–Crippen LogP) is 3.78. The van der Waals surface area contributed by atoms with E-state index in [0.29, 0.717) is 37.4 Å². The third kappa shape index (κ3) is 4.37. The Morgan fingerprint density at radius 1 is 1.13 bits per heavy atom. The largest absolute Gasteiger partial charge is 0.496 e. The Hall–Kier alpha value is -2.68. The van der Waals surface area contributed by atoms with Crippen molar-refractivity contribution >= 4 is 27.3 Å². The number of para-hydroxylation sites is 1. The summed E-state index contributed by atoms with van der Waals surface area (Å²) < 4.78 is 33.4. The van der Waals surface area contributed by atoms with Crippen LogP contribution < -0.4 is 4.74 Å². The molecule has 0 unspecified atom stereocenters. The van der Waals surface area contributed by atoms with Gasteiger partial charge in [0.1, 0.15) is 9.96 Å². The van der Waals surface area contributed by atoms with E-state index in [-0.39, 0.29) is 10.1 Å². The van der Waals surface area contributed by atoms with E-state index in [2.05, 4.69) is 0 Å². The number of hydrogen-bond acceptors (Lipinski definition) is 5. The molecule has 0 atom stereocenters. The lowest BCUT2D eigenvalue weighted by molar-refractivity contribution is 0.0784. The van der Waals surface area contributed by atoms with Gasteiger partial charge in [-0.1, -0.05) is 42.5 Å². The first-order valence-electron chi connectivity index (χ1n) is 9.93. The van der Waals surface area contributed by atoms with Crippen molar-refractivity contribution < 1.29 is 17.9 Å². The smallest absolute Gasteiger partial charge is 0.254 e. The Kier molecular flexibility index (Phi) is 6.13. The van der Waals surface area contributed by atoms with Crippen molar-refractivity contribution in [1.82, 2.24) is 9.21 Å². The maximum Gasteiger partial charge on any atom is 0.254 e. The Bertz CT molecular complexity index is 1200. The molecule has 0 aliphatic carbocycles. The van der Waals surface area contributed by atoms with Crippen molar-refractivity contribution in [2.75, 3.05) is 20.7 Å². The van der Waals surface area contributed by atoms with Crippen LogP contribution in [0.3, 0.4) is 0 Å². The van der Waals surface area contributed by atoms with E-state index >= 15 is 0 Å². The van der Waals surface area contributed by atoms with Gasteiger partial charge in [-0.05, 0) is 29.7 Å². The molecule has 6 nitrogen and oxygen atoms in total. The molecule has 1 aliphatic heterocycles. The number of hydrogen-bond donors (Lipinski definition) is 0. The van der Waals surface area contributed by atoms with Gasteiger partial charge in [-0.15, -0.1) is 11.3 Å². The van der Waals surface area contributed by atoms with Gasteiger partial charge in [0, 0.05) is 37.6 Å². The number of ether oxygens (including phenoxy) is 1. The van der Waals surface area contributed by atoms with Crippen LogP contribution in [-0.4, -0.2) is 44.2 Å². The molecule has 0 N–H and O–H groups in total. The van der Waals surface area contributed by atoms with E-state index in [1.54, 1.807) is 24.4 Å². The molecule has 0 saturated heterocycles. The normalized spacial score (nSPS) is 14.1. The summed E-state index contributed by atoms with van der Waals surface area (Å²) in [5, 5.41) is 1.62. The lowest BCUT2D eigenvalue weighted by Crippen LogP contribution is -2.35. The minimum atomic E-state index is -3.65. The fraction of sp³-hybridized carbons (Fsp3) is 0.261. The highest BCUT2D eigenvalue weighted by molar-refractivity contribution is 7.91. The van der Waals surface area contributed by atoms with Crippen LogP contribution in [0.4, 0.5) is 0 Å². The van der Waals surface area contributed by atoms with E-state index < -0.39 is 10.0 Å². The van der Waals surface area contributed by atoms with Crippen LogP contribution in [0, 0.1) is 0 Å². The lowest BCUT2D eigenvalue weighted by Gasteiger charge is -2.27. The van der Waals surface area contributed by atoms with Crippen LogP contribution in [0.5, 0.6) is 5.75 Å². The monoisotopic (exact) mass is 456 g/mol. The summed E-state index contributed by atoms with van der Waals surface area (Å²) in [6, 6.07) is 16.9. The van der Waals surface area contributed by atoms with Crippen molar-refractivity contribution in [1.29, 1.82) is 0 Å². The standard InChI is InChI=1S/C23H24N2O4S2/c1-24(14-19-9-5-6-10-21(19)29-2)23(26)20-13-22(30-16-20)31(27,28)25-12-11-17-7-3-4-8-18(17)15-25/h3-10,13,16H,11-12,14-15H2,1-2H3. The van der Waals surface area contributed by atoms with Gasteiger partial charge in [0.2, 0.25) is 0 Å². The number of sulfonamides is 1. The molecule has 1 aromatic heterocycles. The van der Waals surface area contributed by atoms with Crippen molar-refractivity contribution in [3.05, 3.63) is 82.2 Å². The Morgan fingerprint density at radius 2 is 1.84 bits per heavy atom. The second-order valence-electron chi connectivity index (χ2n) is 7.48. The zero-order valence-electron chi connectivity index (χ0n) is 17.4. The second kappa shape index (κ2) is 8.82. The molecule has 0 radical (unpaired) electrons. The van der Waals surface area contributed by atoms with Crippen LogP contribution in [0.15, 0.2) is 64.2 Å². The Balaban J connectivity index is 1.50. The van der Waals surface area contributed by atoms with E-state index in [9.17, 15) is 13.2 Å². The van der Waals surface area contributed by atoms with Gasteiger partial charge in [-0.3, -0.25) is 4.79 Å². The summed E-state index contributed by atoms with van der Waals surface area (Å²) >= 11 is 1.09. The van der Waals surface area contributed by atoms with Crippen molar-refractivity contribution in [2.45, 2.75) is 23.7 Å². The quantitative estimate of drug-likeness (QED) is 0.566. The molecule has 0 fully saturated rings. The average molecular weight is 457 g/mol. The number of methoxy groups -OCH3 is 1. The number of nitrogens with zero attached hydrogens (tertiary/aromatic N) is 2. The first kappa shape index (κ1) is 21.5. The van der Waals surface area contributed by atoms with Gasteiger partial charge in [-0.2, -0.15) is 4.31 Å². The third-order valence-electron chi connectivity index (χ3n) is 5.46. The minimum absolute atomic E-state index is 0.195. The molecule has 31 heavy (non-hydrogen) atoms. The van der Waals surface area contributed by atoms with Crippen LogP contribution in [0.2, 0.25) is 0 Å². The van der Waals surface area contributed by atoms with Gasteiger partial charge in [-0.25, -0.2) is 8.42 Å². The van der Waals surface area contributed by atoms with Gasteiger partial charge in [0.15, 0.2) is 0 Å². The average Bonchev–Trinajstić information content (AvgIpc) is 3.29. The molecule has 3 aromatic rings. The van der Waals surface area contributed by atoms with Crippen LogP contribution >= 0.6 is 11.3 Å². The van der Waals surface area contributed by atoms with Gasteiger partial charge < -0.3 is 9.64 Å². The molecule has 1 amide bonds. The number of carbonyl (C=O) groups excluding carboxylic acids is 1. The molecule has 8 heteroatoms. The molecule has 2 aromatic carbocycles. The molecular weight excluding hydrogens is 432 g/mol. The van der Waals surface area contributed by atoms with Crippen LogP contribution in [-0.2, 0) is 29.5 Å². The van der Waals surface area contributed by atoms with E-state index in [4.69, 9.17) is 4.74 Å². The highest BCUT2D eigenvalue weighted by Crippen LogP contribution is 2.29. The Labute approximate surface area is 186 Å². The predicted molar refractivity (Wildman–Crippen MR) is 121 cm³/mol. The second-order valence-corrected chi connectivity index (χ2v) is 10.6. The molecule has 0 spiro atoms. The fourth-order valence-electron chi connectivity index (χ4n) is 3.75. The zero-order valence-corrected chi connectivity index (χ0v) is 19.1. The van der Waals surface area contributed by atoms with Crippen molar-refractivity contribution in [3.8, 4) is 5.75 Å². The molecular formula is C23H24N2O4S2. The maximum atomic E-state index is 13.2. The van der Waals surface area contributed by atoms with Gasteiger partial charge in [0.05, 0.1) is 12.7 Å². The fourth-order valence-corrected chi connectivity index (χ4v) is 6.47. The number of fused-ring (bicyclic) bond motifs is 1. The minimum Gasteiger partial charge on any atom is -0.496 e. The SMILES string of the molecule is COc1ccccc1CN(C)C(=O)c1csc(S(=O)(=O)N2CCc3ccccc3C2)c1. The summed E-state index contributed by atoms with van der Waals surface area (Å²) in [6.07, 6.45) is 0.689. The number of thiophene rings is 1. The first-order chi connectivity index (χ1) is 14.9. The lowest BCUT2D eigenvalue weighted by atomic mass is 10.0. The van der Waals surface area contributed by atoms with E-state index in [1.165, 1.54) is 15.9 Å². The summed E-state index contributed by atoms with van der Waals surface area (Å²) in [7, 11) is -0.362. The number of amides is 1. The molecule has 1 aliphatic rings. The van der Waals surface area contributed by atoms with Crippen molar-refractivity contribution in [2.24, 2.45) is 0 Å². The molecule has 162 valence electrons. The third-order valence-corrected chi connectivity index (χ3v) is 8.72. The summed E-state index contributed by atoms with van der Waals surface area (Å²) in [5.74, 6) is 0.480. The molecule has 2 heterocycles. The van der Waals surface area contributed by atoms with E-state index in [0.717, 1.165) is 22.5 Å². The summed E-state index contributed by atoms with van der Waals surface area (Å²) in [6.45, 7) is 1.16. The van der Waals surface area contributed by atoms with Crippen LogP contribution in [0.25, 0.3) is 0 Å². The summed E-state index contributed by atoms with van der Waals surface area (Å²) in [5.41, 5.74) is 3.48. The topological polar surface area (TPSA) is 66.9 Å². The van der Waals surface area contributed by atoms with Crippen LogP contribution in [0.1, 0.15) is 27.0 Å². The highest BCUT2D eigenvalue weighted by Gasteiger charge is 2.30. The maximum absolute atomic E-state index is 13.2. The zero-order chi connectivity index (χ0) is 22.0.